The van der Waals surface area contributed by atoms with Crippen LogP contribution >= 0.6 is 0 Å². The SMILES string of the molecule is COc1cccc(C=NO)c1OCc1ccc(C(=O)O)cc1. The highest BCUT2D eigenvalue weighted by Gasteiger charge is 2.10. The summed E-state index contributed by atoms with van der Waals surface area (Å²) >= 11 is 0. The Morgan fingerprint density at radius 2 is 1.95 bits per heavy atom. The molecule has 0 spiro atoms. The number of carboxylic acid groups (broad SMARTS) is 1. The van der Waals surface area contributed by atoms with Crippen molar-refractivity contribution in [2.24, 2.45) is 5.16 Å². The fourth-order valence-electron chi connectivity index (χ4n) is 1.91. The van der Waals surface area contributed by atoms with Crippen LogP contribution in [0.25, 0.3) is 0 Å². The van der Waals surface area contributed by atoms with E-state index in [-0.39, 0.29) is 12.2 Å². The first-order valence-electron chi connectivity index (χ1n) is 6.45. The third kappa shape index (κ3) is 3.54. The highest BCUT2D eigenvalue weighted by Crippen LogP contribution is 2.30. The monoisotopic (exact) mass is 301 g/mol. The Morgan fingerprint density at radius 3 is 2.55 bits per heavy atom. The van der Waals surface area contributed by atoms with Gasteiger partial charge in [-0.3, -0.25) is 0 Å². The van der Waals surface area contributed by atoms with Crippen molar-refractivity contribution in [3.63, 3.8) is 0 Å². The van der Waals surface area contributed by atoms with Crippen molar-refractivity contribution in [1.29, 1.82) is 0 Å². The summed E-state index contributed by atoms with van der Waals surface area (Å²) < 4.78 is 10.9. The summed E-state index contributed by atoms with van der Waals surface area (Å²) in [5.41, 5.74) is 1.60. The summed E-state index contributed by atoms with van der Waals surface area (Å²) in [6.45, 7) is 0.229. The quantitative estimate of drug-likeness (QED) is 0.486. The lowest BCUT2D eigenvalue weighted by molar-refractivity contribution is 0.0697. The first-order valence-corrected chi connectivity index (χ1v) is 6.45. The molecule has 2 rings (SSSR count). The second-order valence-electron chi connectivity index (χ2n) is 4.41. The van der Waals surface area contributed by atoms with Crippen molar-refractivity contribution in [3.8, 4) is 11.5 Å². The van der Waals surface area contributed by atoms with Crippen molar-refractivity contribution in [3.05, 3.63) is 59.2 Å². The van der Waals surface area contributed by atoms with Crippen molar-refractivity contribution in [1.82, 2.24) is 0 Å². The Kier molecular flexibility index (Phi) is 4.98. The molecule has 6 heteroatoms. The van der Waals surface area contributed by atoms with Gasteiger partial charge in [0.05, 0.1) is 18.9 Å². The topological polar surface area (TPSA) is 88.4 Å². The average molecular weight is 301 g/mol. The van der Waals surface area contributed by atoms with Crippen molar-refractivity contribution in [2.75, 3.05) is 7.11 Å². The number of carbonyl (C=O) groups is 1. The van der Waals surface area contributed by atoms with Gasteiger partial charge >= 0.3 is 5.97 Å². The van der Waals surface area contributed by atoms with Crippen LogP contribution in [0.3, 0.4) is 0 Å². The summed E-state index contributed by atoms with van der Waals surface area (Å²) in [5.74, 6) is -0.0108. The molecule has 0 unspecified atom stereocenters. The third-order valence-corrected chi connectivity index (χ3v) is 3.01. The molecule has 22 heavy (non-hydrogen) atoms. The van der Waals surface area contributed by atoms with E-state index in [4.69, 9.17) is 19.8 Å². The standard InChI is InChI=1S/C16H15NO5/c1-21-14-4-2-3-13(9-17-20)15(14)22-10-11-5-7-12(8-6-11)16(18)19/h2-9,20H,10H2,1H3,(H,18,19). The molecular formula is C16H15NO5. The zero-order valence-electron chi connectivity index (χ0n) is 11.9. The molecule has 0 saturated carbocycles. The van der Waals surface area contributed by atoms with Gasteiger partial charge in [0.2, 0.25) is 0 Å². The maximum absolute atomic E-state index is 10.8. The van der Waals surface area contributed by atoms with Crippen LogP contribution in [-0.2, 0) is 6.61 Å². The maximum Gasteiger partial charge on any atom is 0.335 e. The van der Waals surface area contributed by atoms with Crippen molar-refractivity contribution >= 4 is 12.2 Å². The minimum absolute atomic E-state index is 0.217. The van der Waals surface area contributed by atoms with Gasteiger partial charge in [0.1, 0.15) is 6.61 Å². The largest absolute Gasteiger partial charge is 0.493 e. The number of rotatable bonds is 6. The number of methoxy groups -OCH3 is 1. The number of oxime groups is 1. The molecule has 0 aliphatic rings. The molecule has 114 valence electrons. The van der Waals surface area contributed by atoms with E-state index in [9.17, 15) is 4.79 Å². The Balaban J connectivity index is 2.18. The molecule has 2 aromatic carbocycles. The molecular weight excluding hydrogens is 286 g/mol. The van der Waals surface area contributed by atoms with E-state index in [0.29, 0.717) is 17.1 Å². The number of ether oxygens (including phenoxy) is 2. The van der Waals surface area contributed by atoms with Crippen LogP contribution in [-0.4, -0.2) is 29.6 Å². The fraction of sp³-hybridized carbons (Fsp3) is 0.125. The van der Waals surface area contributed by atoms with Gasteiger partial charge < -0.3 is 19.8 Å². The van der Waals surface area contributed by atoms with Gasteiger partial charge in [-0.2, -0.15) is 0 Å². The van der Waals surface area contributed by atoms with E-state index in [2.05, 4.69) is 5.16 Å². The molecule has 0 amide bonds. The van der Waals surface area contributed by atoms with Gasteiger partial charge in [0, 0.05) is 5.56 Å². The first kappa shape index (κ1) is 15.4. The molecule has 0 aliphatic carbocycles. The van der Waals surface area contributed by atoms with Crippen LogP contribution in [0.5, 0.6) is 11.5 Å². The zero-order chi connectivity index (χ0) is 15.9. The van der Waals surface area contributed by atoms with Crippen LogP contribution in [0.15, 0.2) is 47.6 Å². The molecule has 0 bridgehead atoms. The van der Waals surface area contributed by atoms with Crippen LogP contribution in [0.2, 0.25) is 0 Å². The van der Waals surface area contributed by atoms with Gasteiger partial charge in [-0.05, 0) is 29.8 Å². The maximum atomic E-state index is 10.8. The summed E-state index contributed by atoms with van der Waals surface area (Å²) in [6, 6.07) is 11.6. The van der Waals surface area contributed by atoms with Gasteiger partial charge in [0.15, 0.2) is 11.5 Å². The van der Waals surface area contributed by atoms with E-state index in [0.717, 1.165) is 5.56 Å². The number of carboxylic acids is 1. The van der Waals surface area contributed by atoms with Crippen LogP contribution < -0.4 is 9.47 Å². The molecule has 0 heterocycles. The van der Waals surface area contributed by atoms with E-state index >= 15 is 0 Å². The number of benzene rings is 2. The van der Waals surface area contributed by atoms with Gasteiger partial charge in [0.25, 0.3) is 0 Å². The molecule has 2 aromatic rings. The van der Waals surface area contributed by atoms with Crippen LogP contribution in [0.4, 0.5) is 0 Å². The predicted octanol–water partition coefficient (Wildman–Crippen LogP) is 2.78. The highest BCUT2D eigenvalue weighted by atomic mass is 16.5. The number of aromatic carboxylic acids is 1. The van der Waals surface area contributed by atoms with E-state index in [1.807, 2.05) is 0 Å². The molecule has 0 saturated heterocycles. The summed E-state index contributed by atoms with van der Waals surface area (Å²) in [4.78, 5) is 10.8. The number of nitrogens with zero attached hydrogens (tertiary/aromatic N) is 1. The molecule has 0 aromatic heterocycles. The zero-order valence-corrected chi connectivity index (χ0v) is 11.9. The van der Waals surface area contributed by atoms with E-state index in [1.165, 1.54) is 25.5 Å². The van der Waals surface area contributed by atoms with Crippen molar-refractivity contribution < 1.29 is 24.6 Å². The van der Waals surface area contributed by atoms with E-state index < -0.39 is 5.97 Å². The fourth-order valence-corrected chi connectivity index (χ4v) is 1.91. The summed E-state index contributed by atoms with van der Waals surface area (Å²) in [7, 11) is 1.52. The Labute approximate surface area is 127 Å². The van der Waals surface area contributed by atoms with Gasteiger partial charge in [-0.25, -0.2) is 4.79 Å². The second kappa shape index (κ2) is 7.12. The Hall–Kier alpha value is -3.02. The molecule has 0 fully saturated rings. The molecule has 0 atom stereocenters. The predicted molar refractivity (Wildman–Crippen MR) is 80.1 cm³/mol. The number of hydrogen-bond donors (Lipinski definition) is 2. The lowest BCUT2D eigenvalue weighted by Gasteiger charge is -2.13. The molecule has 0 aliphatic heterocycles. The second-order valence-corrected chi connectivity index (χ2v) is 4.41. The Bertz CT molecular complexity index is 679. The lowest BCUT2D eigenvalue weighted by Crippen LogP contribution is -2.02. The smallest absolute Gasteiger partial charge is 0.335 e. The normalized spacial score (nSPS) is 10.6. The first-order chi connectivity index (χ1) is 10.7. The van der Waals surface area contributed by atoms with Crippen LogP contribution in [0, 0.1) is 0 Å². The van der Waals surface area contributed by atoms with Crippen molar-refractivity contribution in [2.45, 2.75) is 6.61 Å². The van der Waals surface area contributed by atoms with E-state index in [1.54, 1.807) is 30.3 Å². The molecule has 0 radical (unpaired) electrons. The highest BCUT2D eigenvalue weighted by molar-refractivity contribution is 5.87. The number of hydrogen-bond acceptors (Lipinski definition) is 5. The molecule has 6 nitrogen and oxygen atoms in total. The minimum Gasteiger partial charge on any atom is -0.493 e. The van der Waals surface area contributed by atoms with Gasteiger partial charge in [-0.15, -0.1) is 0 Å². The van der Waals surface area contributed by atoms with Gasteiger partial charge in [-0.1, -0.05) is 23.4 Å². The molecule has 2 N–H and O–H groups in total. The van der Waals surface area contributed by atoms with Crippen LogP contribution in [0.1, 0.15) is 21.5 Å². The third-order valence-electron chi connectivity index (χ3n) is 3.01. The lowest BCUT2D eigenvalue weighted by atomic mass is 10.1. The number of para-hydroxylation sites is 1. The Morgan fingerprint density at radius 1 is 1.23 bits per heavy atom. The summed E-state index contributed by atoms with van der Waals surface area (Å²) in [5, 5.41) is 20.6. The minimum atomic E-state index is -0.973. The summed E-state index contributed by atoms with van der Waals surface area (Å²) in [6.07, 6.45) is 1.26. The average Bonchev–Trinajstić information content (AvgIpc) is 2.54.